The van der Waals surface area contributed by atoms with Crippen molar-refractivity contribution >= 4 is 28.4 Å². The molecule has 2 heteroatoms. The first-order valence-corrected chi connectivity index (χ1v) is 5.64. The van der Waals surface area contributed by atoms with Gasteiger partial charge in [-0.2, -0.15) is 0 Å². The first-order chi connectivity index (χ1) is 5.70. The lowest BCUT2D eigenvalue weighted by Gasteiger charge is -2.19. The Morgan fingerprint density at radius 3 is 2.92 bits per heavy atom. The van der Waals surface area contributed by atoms with Crippen molar-refractivity contribution in [3.8, 4) is 0 Å². The molecule has 12 heavy (non-hydrogen) atoms. The minimum atomic E-state index is 0.352. The predicted molar refractivity (Wildman–Crippen MR) is 59.4 cm³/mol. The highest BCUT2D eigenvalue weighted by atomic mass is 127. The highest BCUT2D eigenvalue weighted by Crippen LogP contribution is 2.26. The molecule has 0 radical (unpaired) electrons. The molecular weight excluding hydrogens is 263 g/mol. The van der Waals surface area contributed by atoms with Gasteiger partial charge < -0.3 is 0 Å². The van der Waals surface area contributed by atoms with Gasteiger partial charge in [-0.05, 0) is 51.9 Å². The van der Waals surface area contributed by atoms with Gasteiger partial charge in [-0.1, -0.05) is 13.0 Å². The van der Waals surface area contributed by atoms with Crippen LogP contribution in [0.1, 0.15) is 38.5 Å². The van der Waals surface area contributed by atoms with E-state index in [-0.39, 0.29) is 0 Å². The average Bonchev–Trinajstić information content (AvgIpc) is 2.03. The maximum Gasteiger partial charge on any atom is 0.135 e. The molecule has 1 fully saturated rings. The second-order valence-electron chi connectivity index (χ2n) is 3.46. The second kappa shape index (κ2) is 5.00. The number of carbonyl (C=O) groups is 1. The third-order valence-corrected chi connectivity index (χ3v) is 2.98. The van der Waals surface area contributed by atoms with E-state index >= 15 is 0 Å². The molecule has 0 aromatic carbocycles. The summed E-state index contributed by atoms with van der Waals surface area (Å²) in [5, 5.41) is 0. The Morgan fingerprint density at radius 1 is 1.58 bits per heavy atom. The van der Waals surface area contributed by atoms with E-state index in [1.165, 1.54) is 10.0 Å². The zero-order valence-corrected chi connectivity index (χ0v) is 9.47. The number of hydrogen-bond acceptors (Lipinski definition) is 1. The summed E-state index contributed by atoms with van der Waals surface area (Å²) in [6.45, 7) is 3.84. The molecule has 1 nitrogen and oxygen atoms in total. The fourth-order valence-corrected chi connectivity index (χ4v) is 2.00. The van der Waals surface area contributed by atoms with Crippen LogP contribution in [0, 0.1) is 5.92 Å². The summed E-state index contributed by atoms with van der Waals surface area (Å²) in [6, 6.07) is 0. The highest BCUT2D eigenvalue weighted by molar-refractivity contribution is 14.1. The van der Waals surface area contributed by atoms with Crippen LogP contribution in [-0.4, -0.2) is 5.78 Å². The SMILES string of the molecule is C=C(I)CCC1CCCCC1=O. The van der Waals surface area contributed by atoms with Gasteiger partial charge >= 0.3 is 0 Å². The Hall–Kier alpha value is 0.140. The van der Waals surface area contributed by atoms with Gasteiger partial charge in [-0.3, -0.25) is 4.79 Å². The van der Waals surface area contributed by atoms with E-state index in [0.717, 1.165) is 32.1 Å². The van der Waals surface area contributed by atoms with Gasteiger partial charge in [0.2, 0.25) is 0 Å². The number of carbonyl (C=O) groups excluding carboxylic acids is 1. The normalized spacial score (nSPS) is 24.1. The number of hydrogen-bond donors (Lipinski definition) is 0. The standard InChI is InChI=1S/C10H15IO/c1-8(11)6-7-9-4-2-3-5-10(9)12/h9H,1-7H2. The molecule has 1 unspecified atom stereocenters. The van der Waals surface area contributed by atoms with Crippen molar-refractivity contribution < 1.29 is 4.79 Å². The topological polar surface area (TPSA) is 17.1 Å². The van der Waals surface area contributed by atoms with Crippen LogP contribution in [0.2, 0.25) is 0 Å². The van der Waals surface area contributed by atoms with Crippen molar-refractivity contribution in [2.45, 2.75) is 38.5 Å². The van der Waals surface area contributed by atoms with Crippen molar-refractivity contribution in [3.05, 3.63) is 10.2 Å². The summed E-state index contributed by atoms with van der Waals surface area (Å²) in [4.78, 5) is 11.4. The maximum atomic E-state index is 11.4. The average molecular weight is 278 g/mol. The molecule has 1 aliphatic carbocycles. The molecule has 0 saturated heterocycles. The quantitative estimate of drug-likeness (QED) is 0.722. The van der Waals surface area contributed by atoms with Crippen LogP contribution in [0.25, 0.3) is 0 Å². The lowest BCUT2D eigenvalue weighted by Crippen LogP contribution is -2.18. The Balaban J connectivity index is 2.29. The highest BCUT2D eigenvalue weighted by Gasteiger charge is 2.21. The molecule has 1 atom stereocenters. The molecule has 1 saturated carbocycles. The van der Waals surface area contributed by atoms with E-state index in [1.54, 1.807) is 0 Å². The van der Waals surface area contributed by atoms with Gasteiger partial charge in [0.25, 0.3) is 0 Å². The Labute approximate surface area is 87.8 Å². The third kappa shape index (κ3) is 3.25. The van der Waals surface area contributed by atoms with Crippen LogP contribution in [-0.2, 0) is 4.79 Å². The van der Waals surface area contributed by atoms with Crippen molar-refractivity contribution in [1.82, 2.24) is 0 Å². The summed E-state index contributed by atoms with van der Waals surface area (Å²) in [6.07, 6.45) is 6.32. The van der Waals surface area contributed by atoms with E-state index in [0.29, 0.717) is 11.7 Å². The van der Waals surface area contributed by atoms with E-state index in [4.69, 9.17) is 0 Å². The summed E-state index contributed by atoms with van der Waals surface area (Å²) in [5.41, 5.74) is 0. The van der Waals surface area contributed by atoms with Crippen molar-refractivity contribution in [2.75, 3.05) is 0 Å². The van der Waals surface area contributed by atoms with Gasteiger partial charge in [-0.25, -0.2) is 0 Å². The van der Waals surface area contributed by atoms with Crippen molar-refractivity contribution in [1.29, 1.82) is 0 Å². The predicted octanol–water partition coefficient (Wildman–Crippen LogP) is 3.47. The molecule has 0 bridgehead atoms. The van der Waals surface area contributed by atoms with E-state index in [1.807, 2.05) is 0 Å². The summed E-state index contributed by atoms with van der Waals surface area (Å²) >= 11 is 2.24. The first kappa shape index (κ1) is 10.2. The zero-order chi connectivity index (χ0) is 8.97. The van der Waals surface area contributed by atoms with Crippen LogP contribution in [0.15, 0.2) is 10.2 Å². The molecule has 0 heterocycles. The Morgan fingerprint density at radius 2 is 2.33 bits per heavy atom. The molecule has 0 aromatic heterocycles. The summed E-state index contributed by atoms with van der Waals surface area (Å²) < 4.78 is 1.17. The molecule has 1 rings (SSSR count). The molecule has 0 aliphatic heterocycles. The summed E-state index contributed by atoms with van der Waals surface area (Å²) in [7, 11) is 0. The minimum absolute atomic E-state index is 0.352. The first-order valence-electron chi connectivity index (χ1n) is 4.56. The van der Waals surface area contributed by atoms with Crippen molar-refractivity contribution in [3.63, 3.8) is 0 Å². The minimum Gasteiger partial charge on any atom is -0.299 e. The van der Waals surface area contributed by atoms with Gasteiger partial charge in [-0.15, -0.1) is 0 Å². The number of allylic oxidation sites excluding steroid dienone is 1. The van der Waals surface area contributed by atoms with E-state index in [9.17, 15) is 4.79 Å². The van der Waals surface area contributed by atoms with Crippen LogP contribution in [0.4, 0.5) is 0 Å². The maximum absolute atomic E-state index is 11.4. The largest absolute Gasteiger partial charge is 0.299 e. The van der Waals surface area contributed by atoms with Crippen molar-refractivity contribution in [2.24, 2.45) is 5.92 Å². The number of rotatable bonds is 3. The smallest absolute Gasteiger partial charge is 0.135 e. The second-order valence-corrected chi connectivity index (χ2v) is 4.99. The van der Waals surface area contributed by atoms with Gasteiger partial charge in [0.1, 0.15) is 5.78 Å². The number of ketones is 1. The van der Waals surface area contributed by atoms with E-state index in [2.05, 4.69) is 29.2 Å². The van der Waals surface area contributed by atoms with Gasteiger partial charge in [0, 0.05) is 12.3 Å². The lowest BCUT2D eigenvalue weighted by molar-refractivity contribution is -0.124. The fraction of sp³-hybridized carbons (Fsp3) is 0.700. The Bertz CT molecular complexity index is 186. The molecule has 0 amide bonds. The fourth-order valence-electron chi connectivity index (χ4n) is 1.69. The molecule has 68 valence electrons. The monoisotopic (exact) mass is 278 g/mol. The van der Waals surface area contributed by atoms with Gasteiger partial charge in [0.05, 0.1) is 0 Å². The third-order valence-electron chi connectivity index (χ3n) is 2.45. The summed E-state index contributed by atoms with van der Waals surface area (Å²) in [5.74, 6) is 0.837. The van der Waals surface area contributed by atoms with Gasteiger partial charge in [0.15, 0.2) is 0 Å². The molecule has 0 aromatic rings. The van der Waals surface area contributed by atoms with Crippen LogP contribution in [0.5, 0.6) is 0 Å². The Kier molecular flexibility index (Phi) is 4.26. The molecule has 1 aliphatic rings. The van der Waals surface area contributed by atoms with Crippen LogP contribution >= 0.6 is 22.6 Å². The molecular formula is C10H15IO. The van der Waals surface area contributed by atoms with Crippen LogP contribution in [0.3, 0.4) is 0 Å². The zero-order valence-electron chi connectivity index (χ0n) is 7.31. The van der Waals surface area contributed by atoms with E-state index < -0.39 is 0 Å². The van der Waals surface area contributed by atoms with Crippen LogP contribution < -0.4 is 0 Å². The number of Topliss-reactive ketones (excluding diaryl/α,β-unsaturated/α-hetero) is 1. The molecule has 0 spiro atoms. The lowest BCUT2D eigenvalue weighted by atomic mass is 9.85. The molecule has 0 N–H and O–H groups in total. The number of halogens is 1.